The van der Waals surface area contributed by atoms with Gasteiger partial charge in [-0.1, -0.05) is 23.7 Å². The lowest BCUT2D eigenvalue weighted by atomic mass is 10.2. The molecular weight excluding hydrogens is 354 g/mol. The predicted molar refractivity (Wildman–Crippen MR) is 94.8 cm³/mol. The smallest absolute Gasteiger partial charge is 0.289 e. The van der Waals surface area contributed by atoms with Crippen LogP contribution in [0.25, 0.3) is 0 Å². The maximum Gasteiger partial charge on any atom is 0.289 e. The number of hydrogen-bond acceptors (Lipinski definition) is 5. The van der Waals surface area contributed by atoms with Crippen molar-refractivity contribution in [2.24, 2.45) is 0 Å². The molecule has 124 valence electrons. The van der Waals surface area contributed by atoms with Crippen molar-refractivity contribution in [3.63, 3.8) is 0 Å². The number of para-hydroxylation sites is 1. The molecule has 0 unspecified atom stereocenters. The molecule has 0 saturated heterocycles. The van der Waals surface area contributed by atoms with E-state index in [4.69, 9.17) is 28.6 Å². The first-order valence-electron chi connectivity index (χ1n) is 6.61. The lowest BCUT2D eigenvalue weighted by Gasteiger charge is -2.11. The molecule has 2 rings (SSSR count). The third-order valence-electron chi connectivity index (χ3n) is 2.98. The van der Waals surface area contributed by atoms with Gasteiger partial charge in [-0.3, -0.25) is 20.2 Å². The van der Waals surface area contributed by atoms with Crippen molar-refractivity contribution in [3.8, 4) is 5.75 Å². The molecule has 7 nitrogen and oxygen atoms in total. The number of nitro groups is 1. The number of methoxy groups -OCH3 is 1. The fraction of sp³-hybridized carbons (Fsp3) is 0.0667. The lowest BCUT2D eigenvalue weighted by molar-refractivity contribution is -0.384. The minimum Gasteiger partial charge on any atom is -0.496 e. The molecule has 0 atom stereocenters. The number of anilines is 1. The van der Waals surface area contributed by atoms with E-state index in [-0.39, 0.29) is 15.8 Å². The van der Waals surface area contributed by atoms with Gasteiger partial charge >= 0.3 is 0 Å². The van der Waals surface area contributed by atoms with Gasteiger partial charge in [-0.05, 0) is 36.5 Å². The van der Waals surface area contributed by atoms with E-state index in [1.165, 1.54) is 25.3 Å². The molecular formula is C15H12ClN3O4S. The number of amides is 1. The SMILES string of the molecule is COc1ccccc1C(=O)NC(=S)Nc1ccc(Cl)c([N+](=O)[O-])c1. The van der Waals surface area contributed by atoms with Crippen molar-refractivity contribution >= 4 is 46.2 Å². The van der Waals surface area contributed by atoms with Crippen LogP contribution in [0.5, 0.6) is 5.75 Å². The molecule has 0 bridgehead atoms. The van der Waals surface area contributed by atoms with E-state index in [1.54, 1.807) is 24.3 Å². The van der Waals surface area contributed by atoms with Crippen molar-refractivity contribution < 1.29 is 14.5 Å². The van der Waals surface area contributed by atoms with Crippen molar-refractivity contribution in [1.29, 1.82) is 0 Å². The number of ether oxygens (including phenoxy) is 1. The predicted octanol–water partition coefficient (Wildman–Crippen LogP) is 3.38. The average molecular weight is 366 g/mol. The van der Waals surface area contributed by atoms with Crippen LogP contribution in [0.1, 0.15) is 10.4 Å². The van der Waals surface area contributed by atoms with Crippen LogP contribution in [-0.2, 0) is 0 Å². The highest BCUT2D eigenvalue weighted by atomic mass is 35.5. The van der Waals surface area contributed by atoms with E-state index in [2.05, 4.69) is 10.6 Å². The maximum atomic E-state index is 12.2. The molecule has 0 aliphatic rings. The van der Waals surface area contributed by atoms with Crippen molar-refractivity contribution in [1.82, 2.24) is 5.32 Å². The summed E-state index contributed by atoms with van der Waals surface area (Å²) >= 11 is 10.8. The quantitative estimate of drug-likeness (QED) is 0.490. The molecule has 0 aliphatic heterocycles. The zero-order valence-electron chi connectivity index (χ0n) is 12.4. The molecule has 2 aromatic rings. The van der Waals surface area contributed by atoms with E-state index in [0.29, 0.717) is 17.0 Å². The van der Waals surface area contributed by atoms with Crippen LogP contribution in [-0.4, -0.2) is 23.1 Å². The summed E-state index contributed by atoms with van der Waals surface area (Å²) in [5.74, 6) is -0.0617. The van der Waals surface area contributed by atoms with Gasteiger partial charge in [-0.25, -0.2) is 0 Å². The molecule has 0 saturated carbocycles. The maximum absolute atomic E-state index is 12.2. The standard InChI is InChI=1S/C15H12ClN3O4S/c1-23-13-5-3-2-4-10(13)14(20)18-15(24)17-9-6-7-11(16)12(8-9)19(21)22/h2-8H,1H3,(H2,17,18,20,24). The summed E-state index contributed by atoms with van der Waals surface area (Å²) in [5, 5.41) is 16.0. The first-order valence-corrected chi connectivity index (χ1v) is 7.40. The summed E-state index contributed by atoms with van der Waals surface area (Å²) < 4.78 is 5.11. The Bertz CT molecular complexity index is 813. The molecule has 2 aromatic carbocycles. The Morgan fingerprint density at radius 3 is 2.67 bits per heavy atom. The van der Waals surface area contributed by atoms with Gasteiger partial charge in [0.05, 0.1) is 17.6 Å². The van der Waals surface area contributed by atoms with Gasteiger partial charge in [-0.15, -0.1) is 0 Å². The molecule has 0 spiro atoms. The number of halogens is 1. The van der Waals surface area contributed by atoms with Gasteiger partial charge in [0.2, 0.25) is 0 Å². The Morgan fingerprint density at radius 1 is 1.29 bits per heavy atom. The van der Waals surface area contributed by atoms with E-state index in [0.717, 1.165) is 0 Å². The number of carbonyl (C=O) groups excluding carboxylic acids is 1. The van der Waals surface area contributed by atoms with Gasteiger partial charge in [-0.2, -0.15) is 0 Å². The number of thiocarbonyl (C=S) groups is 1. The number of nitrogens with one attached hydrogen (secondary N) is 2. The molecule has 0 fully saturated rings. The summed E-state index contributed by atoms with van der Waals surface area (Å²) in [6, 6.07) is 10.8. The largest absolute Gasteiger partial charge is 0.496 e. The van der Waals surface area contributed by atoms with Crippen LogP contribution >= 0.6 is 23.8 Å². The van der Waals surface area contributed by atoms with Crippen LogP contribution < -0.4 is 15.4 Å². The summed E-state index contributed by atoms with van der Waals surface area (Å²) in [7, 11) is 1.45. The first kappa shape index (κ1) is 17.6. The third-order valence-corrected chi connectivity index (χ3v) is 3.50. The Balaban J connectivity index is 2.09. The molecule has 9 heteroatoms. The van der Waals surface area contributed by atoms with Gasteiger partial charge in [0.15, 0.2) is 5.11 Å². The zero-order chi connectivity index (χ0) is 17.7. The normalized spacial score (nSPS) is 9.92. The Morgan fingerprint density at radius 2 is 2.00 bits per heavy atom. The summed E-state index contributed by atoms with van der Waals surface area (Å²) in [5.41, 5.74) is 0.378. The Kier molecular flexibility index (Phi) is 5.67. The highest BCUT2D eigenvalue weighted by molar-refractivity contribution is 7.80. The average Bonchev–Trinajstić information content (AvgIpc) is 2.56. The van der Waals surface area contributed by atoms with Crippen molar-refractivity contribution in [2.75, 3.05) is 12.4 Å². The number of nitrogens with zero attached hydrogens (tertiary/aromatic N) is 1. The molecule has 1 amide bonds. The first-order chi connectivity index (χ1) is 11.4. The fourth-order valence-corrected chi connectivity index (χ4v) is 2.29. The van der Waals surface area contributed by atoms with Crippen LogP contribution in [0.15, 0.2) is 42.5 Å². The van der Waals surface area contributed by atoms with Gasteiger partial charge in [0, 0.05) is 11.8 Å². The molecule has 2 N–H and O–H groups in total. The number of carbonyl (C=O) groups is 1. The topological polar surface area (TPSA) is 93.5 Å². The molecule has 0 radical (unpaired) electrons. The highest BCUT2D eigenvalue weighted by Gasteiger charge is 2.15. The molecule has 0 aliphatic carbocycles. The van der Waals surface area contributed by atoms with Gasteiger partial charge < -0.3 is 10.1 Å². The molecule has 24 heavy (non-hydrogen) atoms. The second-order valence-corrected chi connectivity index (χ2v) is 5.35. The lowest BCUT2D eigenvalue weighted by Crippen LogP contribution is -2.34. The van der Waals surface area contributed by atoms with Crippen LogP contribution in [0.3, 0.4) is 0 Å². The van der Waals surface area contributed by atoms with Crippen molar-refractivity contribution in [2.45, 2.75) is 0 Å². The molecule has 0 heterocycles. The van der Waals surface area contributed by atoms with Crippen LogP contribution in [0.4, 0.5) is 11.4 Å². The van der Waals surface area contributed by atoms with Crippen molar-refractivity contribution in [3.05, 3.63) is 63.2 Å². The second-order valence-electron chi connectivity index (χ2n) is 4.53. The summed E-state index contributed by atoms with van der Waals surface area (Å²) in [4.78, 5) is 22.5. The van der Waals surface area contributed by atoms with E-state index in [1.807, 2.05) is 0 Å². The number of rotatable bonds is 4. The third kappa shape index (κ3) is 4.18. The molecule has 0 aromatic heterocycles. The van der Waals surface area contributed by atoms with Gasteiger partial charge in [0.25, 0.3) is 11.6 Å². The van der Waals surface area contributed by atoms with Gasteiger partial charge in [0.1, 0.15) is 10.8 Å². The van der Waals surface area contributed by atoms with Crippen LogP contribution in [0, 0.1) is 10.1 Å². The van der Waals surface area contributed by atoms with E-state index < -0.39 is 10.8 Å². The second kappa shape index (κ2) is 7.71. The Hall–Kier alpha value is -2.71. The minimum absolute atomic E-state index is 0.00882. The number of benzene rings is 2. The fourth-order valence-electron chi connectivity index (χ4n) is 1.90. The minimum atomic E-state index is -0.607. The van der Waals surface area contributed by atoms with E-state index >= 15 is 0 Å². The number of nitro benzene ring substituents is 1. The zero-order valence-corrected chi connectivity index (χ0v) is 14.0. The van der Waals surface area contributed by atoms with Crippen LogP contribution in [0.2, 0.25) is 5.02 Å². The summed E-state index contributed by atoms with van der Waals surface area (Å²) in [6.45, 7) is 0. The number of hydrogen-bond donors (Lipinski definition) is 2. The monoisotopic (exact) mass is 365 g/mol. The highest BCUT2D eigenvalue weighted by Crippen LogP contribution is 2.27. The van der Waals surface area contributed by atoms with E-state index in [9.17, 15) is 14.9 Å². The summed E-state index contributed by atoms with van der Waals surface area (Å²) in [6.07, 6.45) is 0. The Labute approximate surface area is 147 Å².